The van der Waals surface area contributed by atoms with E-state index in [1.54, 1.807) is 0 Å². The van der Waals surface area contributed by atoms with Gasteiger partial charge in [-0.05, 0) is 18.6 Å². The third-order valence-corrected chi connectivity index (χ3v) is 3.56. The van der Waals surface area contributed by atoms with Gasteiger partial charge in [0, 0.05) is 13.2 Å². The molecule has 1 aromatic carbocycles. The smallest absolute Gasteiger partial charge is 0.421 e. The molecular weight excluding hydrogens is 338 g/mol. The van der Waals surface area contributed by atoms with E-state index in [9.17, 15) is 17.6 Å². The van der Waals surface area contributed by atoms with Crippen molar-refractivity contribution in [2.24, 2.45) is 0 Å². The third-order valence-electron chi connectivity index (χ3n) is 3.56. The number of hydrogen-bond acceptors (Lipinski definition) is 4. The monoisotopic (exact) mass is 357 g/mol. The van der Waals surface area contributed by atoms with Crippen molar-refractivity contribution in [1.82, 2.24) is 9.97 Å². The summed E-state index contributed by atoms with van der Waals surface area (Å²) in [5, 5.41) is 0. The van der Waals surface area contributed by atoms with Crippen LogP contribution in [0, 0.1) is 5.82 Å². The van der Waals surface area contributed by atoms with E-state index in [-0.39, 0.29) is 11.7 Å². The first-order valence-electron chi connectivity index (χ1n) is 7.90. The second-order valence-corrected chi connectivity index (χ2v) is 5.45. The highest BCUT2D eigenvalue weighted by atomic mass is 19.4. The molecule has 0 bridgehead atoms. The predicted octanol–water partition coefficient (Wildman–Crippen LogP) is 4.97. The zero-order chi connectivity index (χ0) is 18.4. The molecule has 0 saturated heterocycles. The highest BCUT2D eigenvalue weighted by molar-refractivity contribution is 5.63. The van der Waals surface area contributed by atoms with E-state index in [1.807, 2.05) is 6.92 Å². The summed E-state index contributed by atoms with van der Waals surface area (Å²) in [6.45, 7) is 2.33. The average molecular weight is 357 g/mol. The largest absolute Gasteiger partial charge is 0.463 e. The van der Waals surface area contributed by atoms with E-state index >= 15 is 0 Å². The minimum atomic E-state index is -4.67. The van der Waals surface area contributed by atoms with Gasteiger partial charge in [-0.15, -0.1) is 0 Å². The normalized spacial score (nSPS) is 11.4. The van der Waals surface area contributed by atoms with Crippen LogP contribution in [0.2, 0.25) is 0 Å². The molecule has 1 heterocycles. The first kappa shape index (κ1) is 19.0. The highest BCUT2D eigenvalue weighted by Gasteiger charge is 2.37. The van der Waals surface area contributed by atoms with Gasteiger partial charge in [-0.3, -0.25) is 0 Å². The molecule has 2 aromatic rings. The standard InChI is InChI=1S/C17H19F4N3O/c1-3-4-7-10-25-16-22-11-12(17(19,20)21)15(23-16)24(2)14-9-6-5-8-13(14)18/h5-6,8-9,11H,3-4,7,10H2,1-2H3. The molecule has 0 spiro atoms. The Hall–Kier alpha value is -2.38. The Balaban J connectivity index is 2.36. The first-order valence-corrected chi connectivity index (χ1v) is 7.90. The summed E-state index contributed by atoms with van der Waals surface area (Å²) in [5.41, 5.74) is -1.08. The van der Waals surface area contributed by atoms with Crippen molar-refractivity contribution in [3.05, 3.63) is 41.8 Å². The Labute approximate surface area is 143 Å². The first-order chi connectivity index (χ1) is 11.8. The number of alkyl halides is 3. The molecule has 0 aliphatic carbocycles. The van der Waals surface area contributed by atoms with Gasteiger partial charge in [0.15, 0.2) is 5.82 Å². The summed E-state index contributed by atoms with van der Waals surface area (Å²) in [6, 6.07) is 5.37. The molecule has 0 atom stereocenters. The van der Waals surface area contributed by atoms with Crippen LogP contribution >= 0.6 is 0 Å². The van der Waals surface area contributed by atoms with Gasteiger partial charge < -0.3 is 9.64 Å². The van der Waals surface area contributed by atoms with E-state index in [1.165, 1.54) is 31.3 Å². The van der Waals surface area contributed by atoms with Gasteiger partial charge in [0.1, 0.15) is 11.4 Å². The van der Waals surface area contributed by atoms with Crippen LogP contribution in [0.15, 0.2) is 30.5 Å². The molecule has 0 N–H and O–H groups in total. The Kier molecular flexibility index (Phi) is 6.17. The number of aromatic nitrogens is 2. The van der Waals surface area contributed by atoms with Crippen molar-refractivity contribution in [3.63, 3.8) is 0 Å². The highest BCUT2D eigenvalue weighted by Crippen LogP contribution is 2.38. The van der Waals surface area contributed by atoms with Gasteiger partial charge >= 0.3 is 12.2 Å². The fourth-order valence-corrected chi connectivity index (χ4v) is 2.24. The van der Waals surface area contributed by atoms with E-state index in [0.29, 0.717) is 12.8 Å². The van der Waals surface area contributed by atoms with Crippen LogP contribution in [0.3, 0.4) is 0 Å². The summed E-state index contributed by atoms with van der Waals surface area (Å²) < 4.78 is 59.1. The topological polar surface area (TPSA) is 38.2 Å². The number of hydrogen-bond donors (Lipinski definition) is 0. The number of benzene rings is 1. The van der Waals surface area contributed by atoms with Crippen molar-refractivity contribution in [3.8, 4) is 6.01 Å². The lowest BCUT2D eigenvalue weighted by Gasteiger charge is -2.22. The van der Waals surface area contributed by atoms with Gasteiger partial charge in [-0.25, -0.2) is 9.37 Å². The van der Waals surface area contributed by atoms with Gasteiger partial charge in [-0.1, -0.05) is 31.9 Å². The van der Waals surface area contributed by atoms with Crippen molar-refractivity contribution in [2.75, 3.05) is 18.6 Å². The van der Waals surface area contributed by atoms with Crippen molar-refractivity contribution >= 4 is 11.5 Å². The number of rotatable bonds is 7. The fourth-order valence-electron chi connectivity index (χ4n) is 2.24. The van der Waals surface area contributed by atoms with Crippen molar-refractivity contribution in [2.45, 2.75) is 32.4 Å². The minimum absolute atomic E-state index is 0.0244. The number of unbranched alkanes of at least 4 members (excludes halogenated alkanes) is 2. The number of nitrogens with zero attached hydrogens (tertiary/aromatic N) is 3. The van der Waals surface area contributed by atoms with Crippen molar-refractivity contribution < 1.29 is 22.3 Å². The minimum Gasteiger partial charge on any atom is -0.463 e. The van der Waals surface area contributed by atoms with E-state index < -0.39 is 23.4 Å². The van der Waals surface area contributed by atoms with Crippen LogP contribution in [0.25, 0.3) is 0 Å². The number of para-hydroxylation sites is 1. The lowest BCUT2D eigenvalue weighted by atomic mass is 10.2. The number of anilines is 2. The van der Waals surface area contributed by atoms with Gasteiger partial charge in [0.05, 0.1) is 12.3 Å². The molecular formula is C17H19F4N3O. The molecule has 8 heteroatoms. The maximum atomic E-state index is 13.9. The molecule has 4 nitrogen and oxygen atoms in total. The molecule has 0 radical (unpaired) electrons. The average Bonchev–Trinajstić information content (AvgIpc) is 2.57. The summed E-state index contributed by atoms with van der Waals surface area (Å²) >= 11 is 0. The maximum absolute atomic E-state index is 13.9. The Bertz CT molecular complexity index is 707. The fraction of sp³-hybridized carbons (Fsp3) is 0.412. The quantitative estimate of drug-likeness (QED) is 0.518. The Morgan fingerprint density at radius 3 is 2.52 bits per heavy atom. The van der Waals surface area contributed by atoms with Crippen LogP contribution in [0.5, 0.6) is 6.01 Å². The van der Waals surface area contributed by atoms with Gasteiger partial charge in [0.25, 0.3) is 0 Å². The molecule has 0 aliphatic rings. The Morgan fingerprint density at radius 1 is 1.16 bits per heavy atom. The van der Waals surface area contributed by atoms with Crippen LogP contribution < -0.4 is 9.64 Å². The van der Waals surface area contributed by atoms with Crippen LogP contribution in [0.4, 0.5) is 29.1 Å². The van der Waals surface area contributed by atoms with Crippen LogP contribution in [0.1, 0.15) is 31.7 Å². The molecule has 0 saturated carbocycles. The molecule has 0 fully saturated rings. The molecule has 0 unspecified atom stereocenters. The zero-order valence-corrected chi connectivity index (χ0v) is 14.0. The molecule has 1 aromatic heterocycles. The lowest BCUT2D eigenvalue weighted by Crippen LogP contribution is -2.20. The summed E-state index contributed by atoms with van der Waals surface area (Å²) in [6.07, 6.45) is -1.34. The van der Waals surface area contributed by atoms with Gasteiger partial charge in [0.2, 0.25) is 0 Å². The second kappa shape index (κ2) is 8.13. The summed E-state index contributed by atoms with van der Waals surface area (Å²) in [4.78, 5) is 8.53. The Morgan fingerprint density at radius 2 is 1.88 bits per heavy atom. The van der Waals surface area contributed by atoms with Crippen molar-refractivity contribution in [1.29, 1.82) is 0 Å². The second-order valence-electron chi connectivity index (χ2n) is 5.45. The SMILES string of the molecule is CCCCCOc1ncc(C(F)(F)F)c(N(C)c2ccccc2F)n1. The van der Waals surface area contributed by atoms with E-state index in [2.05, 4.69) is 9.97 Å². The molecule has 0 amide bonds. The lowest BCUT2D eigenvalue weighted by molar-refractivity contribution is -0.137. The molecule has 136 valence electrons. The molecule has 0 aliphatic heterocycles. The number of halogens is 4. The predicted molar refractivity (Wildman–Crippen MR) is 86.5 cm³/mol. The van der Waals surface area contributed by atoms with E-state index in [4.69, 9.17) is 4.74 Å². The van der Waals surface area contributed by atoms with Gasteiger partial charge in [-0.2, -0.15) is 18.2 Å². The van der Waals surface area contributed by atoms with Crippen LogP contribution in [-0.4, -0.2) is 23.6 Å². The zero-order valence-electron chi connectivity index (χ0n) is 14.0. The number of ether oxygens (including phenoxy) is 1. The third kappa shape index (κ3) is 4.80. The van der Waals surface area contributed by atoms with E-state index in [0.717, 1.165) is 24.2 Å². The van der Waals surface area contributed by atoms with Crippen LogP contribution in [-0.2, 0) is 6.18 Å². The molecule has 25 heavy (non-hydrogen) atoms. The summed E-state index contributed by atoms with van der Waals surface area (Å²) in [7, 11) is 1.32. The maximum Gasteiger partial charge on any atom is 0.421 e. The molecule has 2 rings (SSSR count). The summed E-state index contributed by atoms with van der Waals surface area (Å²) in [5.74, 6) is -1.11.